The molecule has 0 saturated heterocycles. The molecule has 2 aromatic carbocycles. The van der Waals surface area contributed by atoms with Crippen LogP contribution in [-0.4, -0.2) is 50.0 Å². The lowest BCUT2D eigenvalue weighted by molar-refractivity contribution is -0.139. The first-order valence-electron chi connectivity index (χ1n) is 11.8. The Morgan fingerprint density at radius 3 is 2.22 bits per heavy atom. The number of carbonyl (C=O) groups is 2. The van der Waals surface area contributed by atoms with Crippen molar-refractivity contribution < 1.29 is 18.0 Å². The smallest absolute Gasteiger partial charge is 0.244 e. The highest BCUT2D eigenvalue weighted by Crippen LogP contribution is 2.31. The zero-order valence-electron chi connectivity index (χ0n) is 20.5. The van der Waals surface area contributed by atoms with Gasteiger partial charge in [0, 0.05) is 33.2 Å². The highest BCUT2D eigenvalue weighted by molar-refractivity contribution is 7.92. The molecule has 0 bridgehead atoms. The average Bonchev–Trinajstić information content (AvgIpc) is 2.83. The van der Waals surface area contributed by atoms with Crippen molar-refractivity contribution in [3.63, 3.8) is 0 Å². The van der Waals surface area contributed by atoms with E-state index in [1.54, 1.807) is 25.1 Å². The van der Waals surface area contributed by atoms with Crippen LogP contribution in [0.1, 0.15) is 44.6 Å². The molecule has 1 fully saturated rings. The molecule has 2 aromatic rings. The summed E-state index contributed by atoms with van der Waals surface area (Å²) in [7, 11) is -3.95. The molecule has 0 aliphatic heterocycles. The number of hydrogen-bond donors (Lipinski definition) is 1. The molecule has 0 radical (unpaired) electrons. The second-order valence-electron chi connectivity index (χ2n) is 9.11. The number of rotatable bonds is 9. The molecule has 1 aliphatic carbocycles. The number of halogens is 4. The Hall–Kier alpha value is -1.71. The highest BCUT2D eigenvalue weighted by atomic mass is 35.5. The predicted molar refractivity (Wildman–Crippen MR) is 150 cm³/mol. The Labute approximate surface area is 238 Å². The third-order valence-electron chi connectivity index (χ3n) is 6.37. The van der Waals surface area contributed by atoms with E-state index in [0.29, 0.717) is 15.6 Å². The minimum atomic E-state index is -3.95. The van der Waals surface area contributed by atoms with Crippen LogP contribution in [0.2, 0.25) is 20.1 Å². The first kappa shape index (κ1) is 29.8. The maximum absolute atomic E-state index is 13.7. The van der Waals surface area contributed by atoms with Crippen molar-refractivity contribution >= 4 is 73.9 Å². The summed E-state index contributed by atoms with van der Waals surface area (Å²) in [6, 6.07) is 8.36. The zero-order valence-corrected chi connectivity index (χ0v) is 24.4. The molecule has 12 heteroatoms. The topological polar surface area (TPSA) is 86.8 Å². The first-order chi connectivity index (χ1) is 17.4. The molecule has 0 spiro atoms. The fraction of sp³-hybridized carbons (Fsp3) is 0.440. The van der Waals surface area contributed by atoms with Gasteiger partial charge in [-0.1, -0.05) is 71.7 Å². The predicted octanol–water partition coefficient (Wildman–Crippen LogP) is 5.93. The molecule has 0 aromatic heterocycles. The van der Waals surface area contributed by atoms with Crippen LogP contribution in [0.25, 0.3) is 0 Å². The van der Waals surface area contributed by atoms with Gasteiger partial charge in [0.15, 0.2) is 0 Å². The SMILES string of the molecule is C[C@@H](C(=O)NC1CCCCC1)N(Cc1c(Cl)cccc1Cl)C(=O)CN(c1cc(Cl)ccc1Cl)S(C)(=O)=O. The summed E-state index contributed by atoms with van der Waals surface area (Å²) in [4.78, 5) is 28.2. The minimum absolute atomic E-state index is 0.0299. The van der Waals surface area contributed by atoms with Crippen molar-refractivity contribution in [1.82, 2.24) is 10.2 Å². The van der Waals surface area contributed by atoms with Gasteiger partial charge in [-0.25, -0.2) is 8.42 Å². The molecule has 1 aliphatic rings. The summed E-state index contributed by atoms with van der Waals surface area (Å²) in [5, 5.41) is 4.03. The lowest BCUT2D eigenvalue weighted by Gasteiger charge is -2.33. The van der Waals surface area contributed by atoms with Gasteiger partial charge < -0.3 is 10.2 Å². The number of nitrogens with zero attached hydrogens (tertiary/aromatic N) is 2. The Morgan fingerprint density at radius 2 is 1.62 bits per heavy atom. The second-order valence-corrected chi connectivity index (χ2v) is 12.7. The lowest BCUT2D eigenvalue weighted by Crippen LogP contribution is -2.53. The second kappa shape index (κ2) is 12.9. The molecular weight excluding hydrogens is 580 g/mol. The number of sulfonamides is 1. The van der Waals surface area contributed by atoms with Crippen LogP contribution in [0.5, 0.6) is 0 Å². The van der Waals surface area contributed by atoms with E-state index in [2.05, 4.69) is 5.32 Å². The molecule has 0 unspecified atom stereocenters. The van der Waals surface area contributed by atoms with Crippen molar-refractivity contribution in [2.75, 3.05) is 17.1 Å². The van der Waals surface area contributed by atoms with Crippen LogP contribution in [0, 0.1) is 0 Å². The van der Waals surface area contributed by atoms with Gasteiger partial charge in [-0.05, 0) is 50.1 Å². The molecule has 0 heterocycles. The van der Waals surface area contributed by atoms with E-state index in [1.165, 1.54) is 23.1 Å². The van der Waals surface area contributed by atoms with E-state index < -0.39 is 28.5 Å². The fourth-order valence-electron chi connectivity index (χ4n) is 4.28. The first-order valence-corrected chi connectivity index (χ1v) is 15.2. The van der Waals surface area contributed by atoms with E-state index >= 15 is 0 Å². The minimum Gasteiger partial charge on any atom is -0.352 e. The van der Waals surface area contributed by atoms with E-state index in [1.807, 2.05) is 0 Å². The van der Waals surface area contributed by atoms with E-state index in [9.17, 15) is 18.0 Å². The van der Waals surface area contributed by atoms with E-state index in [0.717, 1.165) is 42.7 Å². The van der Waals surface area contributed by atoms with Gasteiger partial charge in [0.25, 0.3) is 0 Å². The van der Waals surface area contributed by atoms with Gasteiger partial charge in [-0.15, -0.1) is 0 Å². The van der Waals surface area contributed by atoms with Gasteiger partial charge in [0.1, 0.15) is 12.6 Å². The molecular formula is C25H29Cl4N3O4S. The molecule has 7 nitrogen and oxygen atoms in total. The van der Waals surface area contributed by atoms with Crippen LogP contribution < -0.4 is 9.62 Å². The summed E-state index contributed by atoms with van der Waals surface area (Å²) in [6.07, 6.45) is 5.90. The highest BCUT2D eigenvalue weighted by Gasteiger charge is 2.32. The zero-order chi connectivity index (χ0) is 27.3. The largest absolute Gasteiger partial charge is 0.352 e. The van der Waals surface area contributed by atoms with E-state index in [-0.39, 0.29) is 34.2 Å². The molecule has 2 amide bonds. The summed E-state index contributed by atoms with van der Waals surface area (Å²) >= 11 is 25.1. The Kier molecular flexibility index (Phi) is 10.4. The summed E-state index contributed by atoms with van der Waals surface area (Å²) in [5.74, 6) is -0.973. The molecule has 202 valence electrons. The quantitative estimate of drug-likeness (QED) is 0.382. The van der Waals surface area contributed by atoms with Gasteiger partial charge in [0.05, 0.1) is 17.0 Å². The summed E-state index contributed by atoms with van der Waals surface area (Å²) in [5.41, 5.74) is 0.503. The number of carbonyl (C=O) groups excluding carboxylic acids is 2. The number of nitrogens with one attached hydrogen (secondary N) is 1. The van der Waals surface area contributed by atoms with Gasteiger partial charge in [-0.2, -0.15) is 0 Å². The average molecular weight is 609 g/mol. The van der Waals surface area contributed by atoms with Crippen LogP contribution in [-0.2, 0) is 26.2 Å². The monoisotopic (exact) mass is 607 g/mol. The standard InChI is InChI=1S/C25H29Cl4N3O4S/c1-16(25(34)30-18-7-4-3-5-8-18)31(14-19-20(27)9-6-10-21(19)28)24(33)15-32(37(2,35)36)23-13-17(26)11-12-22(23)29/h6,9-13,16,18H,3-5,7-8,14-15H2,1-2H3,(H,30,34)/t16-/m0/s1. The van der Waals surface area contributed by atoms with Gasteiger partial charge in [0.2, 0.25) is 21.8 Å². The Bertz CT molecular complexity index is 1230. The van der Waals surface area contributed by atoms with Crippen molar-refractivity contribution in [3.8, 4) is 0 Å². The maximum Gasteiger partial charge on any atom is 0.244 e. The molecule has 1 saturated carbocycles. The number of amides is 2. The van der Waals surface area contributed by atoms with E-state index in [4.69, 9.17) is 46.4 Å². The number of hydrogen-bond acceptors (Lipinski definition) is 4. The van der Waals surface area contributed by atoms with Crippen molar-refractivity contribution in [3.05, 3.63) is 62.1 Å². The number of benzene rings is 2. The maximum atomic E-state index is 13.7. The Morgan fingerprint density at radius 1 is 1.00 bits per heavy atom. The molecule has 3 rings (SSSR count). The van der Waals surface area contributed by atoms with Gasteiger partial charge >= 0.3 is 0 Å². The van der Waals surface area contributed by atoms with Crippen LogP contribution >= 0.6 is 46.4 Å². The van der Waals surface area contributed by atoms with Crippen molar-refractivity contribution in [2.45, 2.75) is 57.7 Å². The fourth-order valence-corrected chi connectivity index (χ4v) is 6.08. The normalized spacial score (nSPS) is 15.2. The summed E-state index contributed by atoms with van der Waals surface area (Å²) in [6.45, 7) is 0.886. The molecule has 1 atom stereocenters. The third-order valence-corrected chi connectivity index (χ3v) is 8.75. The van der Waals surface area contributed by atoms with Crippen LogP contribution in [0.4, 0.5) is 5.69 Å². The Balaban J connectivity index is 1.95. The molecule has 37 heavy (non-hydrogen) atoms. The van der Waals surface area contributed by atoms with Crippen LogP contribution in [0.3, 0.4) is 0 Å². The molecule has 1 N–H and O–H groups in total. The summed E-state index contributed by atoms with van der Waals surface area (Å²) < 4.78 is 26.3. The van der Waals surface area contributed by atoms with Gasteiger partial charge in [-0.3, -0.25) is 13.9 Å². The lowest BCUT2D eigenvalue weighted by atomic mass is 9.95. The third kappa shape index (κ3) is 7.90. The van der Waals surface area contributed by atoms with Crippen LogP contribution in [0.15, 0.2) is 36.4 Å². The number of anilines is 1. The van der Waals surface area contributed by atoms with Crippen molar-refractivity contribution in [1.29, 1.82) is 0 Å². The van der Waals surface area contributed by atoms with Crippen molar-refractivity contribution in [2.24, 2.45) is 0 Å².